The van der Waals surface area contributed by atoms with Crippen molar-refractivity contribution in [2.24, 2.45) is 5.73 Å². The Morgan fingerprint density at radius 1 is 1.38 bits per heavy atom. The van der Waals surface area contributed by atoms with Crippen LogP contribution >= 0.6 is 8.69 Å². The topological polar surface area (TPSA) is 138 Å². The van der Waals surface area contributed by atoms with Crippen LogP contribution in [-0.2, 0) is 14.2 Å². The van der Waals surface area contributed by atoms with Crippen molar-refractivity contribution in [3.63, 3.8) is 0 Å². The van der Waals surface area contributed by atoms with Crippen LogP contribution in [0.3, 0.4) is 0 Å². The van der Waals surface area contributed by atoms with Crippen molar-refractivity contribution in [1.82, 2.24) is 0 Å². The third kappa shape index (κ3) is 13.9. The van der Waals surface area contributed by atoms with E-state index in [4.69, 9.17) is 25.4 Å². The fraction of sp³-hybridized carbons (Fsp3) is 0.600. The summed E-state index contributed by atoms with van der Waals surface area (Å²) in [6, 6.07) is -1.06. The third-order valence-electron chi connectivity index (χ3n) is 0.986. The van der Waals surface area contributed by atoms with Crippen molar-refractivity contribution in [3.05, 3.63) is 0 Å². The molecule has 0 bridgehead atoms. The summed E-state index contributed by atoms with van der Waals surface area (Å²) in [7, 11) is -0.833. The molecule has 0 aliphatic carbocycles. The normalized spacial score (nSPS) is 11.2. The van der Waals surface area contributed by atoms with Gasteiger partial charge < -0.3 is 20.8 Å². The van der Waals surface area contributed by atoms with Crippen LogP contribution in [0.4, 0.5) is 0 Å². The van der Waals surface area contributed by atoms with Gasteiger partial charge in [-0.3, -0.25) is 9.59 Å². The molecule has 5 N–H and O–H groups in total. The SMILES string of the molecule is NC(CCC(=O)O)C(=O)O.O=PO. The fourth-order valence-electron chi connectivity index (χ4n) is 0.402. The van der Waals surface area contributed by atoms with Crippen molar-refractivity contribution >= 4 is 20.6 Å². The van der Waals surface area contributed by atoms with E-state index in [0.717, 1.165) is 0 Å². The van der Waals surface area contributed by atoms with Crippen LogP contribution in [0.2, 0.25) is 0 Å². The van der Waals surface area contributed by atoms with Crippen LogP contribution < -0.4 is 5.73 Å². The zero-order valence-corrected chi connectivity index (χ0v) is 7.48. The quantitative estimate of drug-likeness (QED) is 0.457. The maximum absolute atomic E-state index is 9.99. The molecule has 0 radical (unpaired) electrons. The first-order valence-electron chi connectivity index (χ1n) is 3.12. The molecule has 1 atom stereocenters. The summed E-state index contributed by atoms with van der Waals surface area (Å²) >= 11 is 0. The van der Waals surface area contributed by atoms with Gasteiger partial charge in [0.2, 0.25) is 0 Å². The number of hydrogen-bond acceptors (Lipinski definition) is 4. The molecule has 0 saturated carbocycles. The van der Waals surface area contributed by atoms with Crippen LogP contribution in [0.15, 0.2) is 0 Å². The Kier molecular flexibility index (Phi) is 10.1. The average Bonchev–Trinajstić information content (AvgIpc) is 2.01. The lowest BCUT2D eigenvalue weighted by molar-refractivity contribution is -0.139. The van der Waals surface area contributed by atoms with Gasteiger partial charge >= 0.3 is 20.6 Å². The number of nitrogens with two attached hydrogens (primary N) is 1. The van der Waals surface area contributed by atoms with E-state index in [1.165, 1.54) is 0 Å². The van der Waals surface area contributed by atoms with E-state index in [2.05, 4.69) is 0 Å². The molecule has 0 spiro atoms. The number of aliphatic carboxylic acids is 2. The summed E-state index contributed by atoms with van der Waals surface area (Å²) in [5.41, 5.74) is 5.00. The summed E-state index contributed by atoms with van der Waals surface area (Å²) in [6.45, 7) is 0. The summed E-state index contributed by atoms with van der Waals surface area (Å²) in [5.74, 6) is -2.20. The van der Waals surface area contributed by atoms with Gasteiger partial charge in [0.25, 0.3) is 0 Å². The predicted molar refractivity (Wildman–Crippen MR) is 42.3 cm³/mol. The Labute approximate surface area is 75.5 Å². The highest BCUT2D eigenvalue weighted by Gasteiger charge is 2.12. The van der Waals surface area contributed by atoms with Crippen molar-refractivity contribution in [1.29, 1.82) is 0 Å². The molecule has 0 aromatic heterocycles. The number of carbonyl (C=O) groups is 2. The van der Waals surface area contributed by atoms with Crippen LogP contribution in [-0.4, -0.2) is 33.1 Å². The summed E-state index contributed by atoms with van der Waals surface area (Å²) < 4.78 is 8.46. The van der Waals surface area contributed by atoms with Gasteiger partial charge in [0.15, 0.2) is 0 Å². The largest absolute Gasteiger partial charge is 0.481 e. The summed E-state index contributed by atoms with van der Waals surface area (Å²) in [4.78, 5) is 26.9. The Morgan fingerprint density at radius 2 is 1.77 bits per heavy atom. The number of carboxylic acid groups (broad SMARTS) is 2. The minimum absolute atomic E-state index is 0.0231. The minimum Gasteiger partial charge on any atom is -0.481 e. The first-order valence-corrected chi connectivity index (χ1v) is 3.89. The highest BCUT2D eigenvalue weighted by molar-refractivity contribution is 7.16. The van der Waals surface area contributed by atoms with Gasteiger partial charge in [0.1, 0.15) is 6.04 Å². The first-order chi connectivity index (χ1) is 5.95. The van der Waals surface area contributed by atoms with Gasteiger partial charge in [-0.05, 0) is 6.42 Å². The van der Waals surface area contributed by atoms with Gasteiger partial charge in [-0.2, -0.15) is 0 Å². The van der Waals surface area contributed by atoms with Crippen molar-refractivity contribution < 1.29 is 29.3 Å². The molecule has 0 rings (SSSR count). The molecule has 7 nitrogen and oxygen atoms in total. The molecule has 0 aromatic carbocycles. The zero-order chi connectivity index (χ0) is 10.9. The Balaban J connectivity index is 0. The second-order valence-electron chi connectivity index (χ2n) is 1.96. The van der Waals surface area contributed by atoms with Gasteiger partial charge in [0.05, 0.1) is 0 Å². The van der Waals surface area contributed by atoms with Crippen LogP contribution in [0.1, 0.15) is 12.8 Å². The molecule has 0 saturated heterocycles. The van der Waals surface area contributed by atoms with E-state index in [1.807, 2.05) is 0 Å². The Morgan fingerprint density at radius 3 is 2.00 bits per heavy atom. The molecule has 0 aliphatic heterocycles. The van der Waals surface area contributed by atoms with Crippen molar-refractivity contribution in [2.75, 3.05) is 0 Å². The monoisotopic (exact) mass is 211 g/mol. The van der Waals surface area contributed by atoms with E-state index in [1.54, 1.807) is 0 Å². The first kappa shape index (κ1) is 14.5. The number of hydrogen-bond donors (Lipinski definition) is 4. The van der Waals surface area contributed by atoms with Gasteiger partial charge in [-0.15, -0.1) is 0 Å². The summed E-state index contributed by atoms with van der Waals surface area (Å²) in [5, 5.41) is 16.3. The predicted octanol–water partition coefficient (Wildman–Crippen LogP) is -0.551. The molecular weight excluding hydrogens is 201 g/mol. The van der Waals surface area contributed by atoms with Crippen molar-refractivity contribution in [3.8, 4) is 0 Å². The second-order valence-corrected chi connectivity index (χ2v) is 2.12. The number of rotatable bonds is 4. The van der Waals surface area contributed by atoms with Gasteiger partial charge in [0, 0.05) is 6.42 Å². The molecular formula is C5H10NO6P. The molecule has 76 valence electrons. The van der Waals surface area contributed by atoms with Crippen LogP contribution in [0.25, 0.3) is 0 Å². The Hall–Kier alpha value is -1.04. The fourth-order valence-corrected chi connectivity index (χ4v) is 0.402. The van der Waals surface area contributed by atoms with Gasteiger partial charge in [-0.25, -0.2) is 4.57 Å². The van der Waals surface area contributed by atoms with Crippen LogP contribution in [0, 0.1) is 0 Å². The van der Waals surface area contributed by atoms with E-state index in [-0.39, 0.29) is 12.8 Å². The molecule has 0 heterocycles. The molecule has 0 amide bonds. The molecule has 0 fully saturated rings. The van der Waals surface area contributed by atoms with Crippen molar-refractivity contribution in [2.45, 2.75) is 18.9 Å². The van der Waals surface area contributed by atoms with E-state index >= 15 is 0 Å². The Bertz CT molecular complexity index is 184. The second kappa shape index (κ2) is 9.05. The lowest BCUT2D eigenvalue weighted by Gasteiger charge is -2.01. The van der Waals surface area contributed by atoms with E-state index in [0.29, 0.717) is 0 Å². The minimum atomic E-state index is -1.17. The lowest BCUT2D eigenvalue weighted by atomic mass is 10.2. The van der Waals surface area contributed by atoms with Crippen LogP contribution in [0.5, 0.6) is 0 Å². The maximum Gasteiger partial charge on any atom is 0.324 e. The van der Waals surface area contributed by atoms with Gasteiger partial charge in [-0.1, -0.05) is 0 Å². The highest BCUT2D eigenvalue weighted by atomic mass is 31.1. The lowest BCUT2D eigenvalue weighted by Crippen LogP contribution is -2.30. The molecule has 13 heavy (non-hydrogen) atoms. The summed E-state index contributed by atoms with van der Waals surface area (Å²) in [6.07, 6.45) is -0.224. The zero-order valence-electron chi connectivity index (χ0n) is 6.58. The standard InChI is InChI=1S/C5H9NO4.HO2P/c6-3(5(9)10)1-2-4(7)8;1-3-2/h3H,1-2,6H2,(H,7,8)(H,9,10);(H,1,2). The van der Waals surface area contributed by atoms with E-state index < -0.39 is 26.7 Å². The maximum atomic E-state index is 9.99. The van der Waals surface area contributed by atoms with E-state index in [9.17, 15) is 9.59 Å². The molecule has 0 aliphatic rings. The highest BCUT2D eigenvalue weighted by Crippen LogP contribution is 1.93. The third-order valence-corrected chi connectivity index (χ3v) is 0.986. The molecule has 0 aromatic rings. The number of carboxylic acids is 2. The average molecular weight is 211 g/mol. The molecule has 8 heteroatoms. The smallest absolute Gasteiger partial charge is 0.324 e. The molecule has 1 unspecified atom stereocenters.